The quantitative estimate of drug-likeness (QED) is 0.461. The van der Waals surface area contributed by atoms with Crippen molar-refractivity contribution in [1.29, 1.82) is 0 Å². The molecule has 1 aromatic rings. The molecular weight excluding hydrogens is 250 g/mol. The molecule has 0 aliphatic carbocycles. The highest BCUT2D eigenvalue weighted by atomic mass is 32.2. The van der Waals surface area contributed by atoms with Gasteiger partial charge in [-0.2, -0.15) is 0 Å². The van der Waals surface area contributed by atoms with Crippen molar-refractivity contribution >= 4 is 23.8 Å². The zero-order chi connectivity index (χ0) is 13.5. The number of rotatable bonds is 5. The minimum absolute atomic E-state index is 0.333. The van der Waals surface area contributed by atoms with Crippen LogP contribution >= 0.6 is 11.8 Å². The predicted octanol–water partition coefficient (Wildman–Crippen LogP) is 1.91. The van der Waals surface area contributed by atoms with Crippen LogP contribution in [0, 0.1) is 0 Å². The lowest BCUT2D eigenvalue weighted by Crippen LogP contribution is -2.10. The first-order chi connectivity index (χ1) is 8.58. The molecule has 5 nitrogen and oxygen atoms in total. The van der Waals surface area contributed by atoms with Gasteiger partial charge in [0, 0.05) is 26.5 Å². The van der Waals surface area contributed by atoms with Gasteiger partial charge in [0.15, 0.2) is 5.16 Å². The monoisotopic (exact) mass is 267 g/mol. The van der Waals surface area contributed by atoms with Gasteiger partial charge in [-0.15, -0.1) is 0 Å². The van der Waals surface area contributed by atoms with Gasteiger partial charge < -0.3 is 9.64 Å². The molecule has 0 spiro atoms. The average molecular weight is 267 g/mol. The Labute approximate surface area is 111 Å². The normalized spacial score (nSPS) is 10.7. The molecule has 0 radical (unpaired) electrons. The molecule has 0 aliphatic rings. The van der Waals surface area contributed by atoms with E-state index in [9.17, 15) is 4.79 Å². The Kier molecular flexibility index (Phi) is 5.64. The molecule has 0 atom stereocenters. The summed E-state index contributed by atoms with van der Waals surface area (Å²) in [5.74, 6) is -0.399. The first kappa shape index (κ1) is 14.5. The van der Waals surface area contributed by atoms with Crippen LogP contribution in [0.3, 0.4) is 0 Å². The van der Waals surface area contributed by atoms with E-state index in [0.29, 0.717) is 23.0 Å². The largest absolute Gasteiger partial charge is 0.462 e. The van der Waals surface area contributed by atoms with Crippen LogP contribution in [0.5, 0.6) is 0 Å². The lowest BCUT2D eigenvalue weighted by Gasteiger charge is -2.07. The van der Waals surface area contributed by atoms with Gasteiger partial charge in [-0.05, 0) is 19.3 Å². The topological polar surface area (TPSA) is 55.3 Å². The molecule has 0 unspecified atom stereocenters. The molecule has 98 valence electrons. The third kappa shape index (κ3) is 4.03. The molecule has 0 N–H and O–H groups in total. The van der Waals surface area contributed by atoms with Crippen LogP contribution in [0.2, 0.25) is 0 Å². The van der Waals surface area contributed by atoms with Crippen LogP contribution in [0.4, 0.5) is 0 Å². The average Bonchev–Trinajstić information content (AvgIpc) is 2.36. The molecule has 0 bridgehead atoms. The molecule has 1 rings (SSSR count). The standard InChI is InChI=1S/C12H17N3O2S/c1-5-17-11(16)9-8-13-12(18-4)14-10(9)6-7-15(2)3/h6-8H,5H2,1-4H3/b7-6-. The van der Waals surface area contributed by atoms with Crippen LogP contribution in [-0.2, 0) is 4.74 Å². The summed E-state index contributed by atoms with van der Waals surface area (Å²) in [6, 6.07) is 0. The maximum atomic E-state index is 11.8. The van der Waals surface area contributed by atoms with Gasteiger partial charge in [0.05, 0.1) is 12.3 Å². The summed E-state index contributed by atoms with van der Waals surface area (Å²) in [4.78, 5) is 22.0. The highest BCUT2D eigenvalue weighted by Gasteiger charge is 2.13. The summed E-state index contributed by atoms with van der Waals surface area (Å²) in [6.45, 7) is 2.10. The Morgan fingerprint density at radius 3 is 2.83 bits per heavy atom. The van der Waals surface area contributed by atoms with Crippen LogP contribution in [0.15, 0.2) is 17.6 Å². The van der Waals surface area contributed by atoms with Crippen LogP contribution in [-0.4, -0.2) is 47.8 Å². The van der Waals surface area contributed by atoms with E-state index in [1.807, 2.05) is 31.5 Å². The van der Waals surface area contributed by atoms with Crippen LogP contribution in [0.1, 0.15) is 23.0 Å². The number of hydrogen-bond acceptors (Lipinski definition) is 6. The Balaban J connectivity index is 3.11. The Bertz CT molecular complexity index is 447. The summed E-state index contributed by atoms with van der Waals surface area (Å²) in [7, 11) is 3.80. The first-order valence-corrected chi connectivity index (χ1v) is 6.73. The Morgan fingerprint density at radius 1 is 1.56 bits per heavy atom. The highest BCUT2D eigenvalue weighted by Crippen LogP contribution is 2.14. The predicted molar refractivity (Wildman–Crippen MR) is 72.5 cm³/mol. The number of esters is 1. The van der Waals surface area contributed by atoms with E-state index in [4.69, 9.17) is 4.74 Å². The Morgan fingerprint density at radius 2 is 2.28 bits per heavy atom. The summed E-state index contributed by atoms with van der Waals surface area (Å²) in [6.07, 6.45) is 6.99. The molecule has 0 amide bonds. The van der Waals surface area contributed by atoms with Gasteiger partial charge in [0.25, 0.3) is 0 Å². The zero-order valence-electron chi connectivity index (χ0n) is 11.0. The molecule has 0 saturated carbocycles. The molecule has 18 heavy (non-hydrogen) atoms. The summed E-state index contributed by atoms with van der Waals surface area (Å²) < 4.78 is 4.98. The van der Waals surface area contributed by atoms with Crippen molar-refractivity contribution in [3.63, 3.8) is 0 Å². The lowest BCUT2D eigenvalue weighted by molar-refractivity contribution is 0.0525. The van der Waals surface area contributed by atoms with Crippen molar-refractivity contribution in [1.82, 2.24) is 14.9 Å². The minimum Gasteiger partial charge on any atom is -0.462 e. The zero-order valence-corrected chi connectivity index (χ0v) is 11.8. The second-order valence-electron chi connectivity index (χ2n) is 3.66. The summed E-state index contributed by atoms with van der Waals surface area (Å²) in [5, 5.41) is 0.626. The van der Waals surface area contributed by atoms with Gasteiger partial charge in [-0.1, -0.05) is 11.8 Å². The van der Waals surface area contributed by atoms with Crippen LogP contribution < -0.4 is 0 Å². The molecule has 0 aliphatic heterocycles. The van der Waals surface area contributed by atoms with Crippen molar-refractivity contribution in [2.45, 2.75) is 12.1 Å². The van der Waals surface area contributed by atoms with Crippen molar-refractivity contribution < 1.29 is 9.53 Å². The number of ether oxygens (including phenoxy) is 1. The minimum atomic E-state index is -0.399. The number of carbonyl (C=O) groups is 1. The highest BCUT2D eigenvalue weighted by molar-refractivity contribution is 7.98. The van der Waals surface area contributed by atoms with Gasteiger partial charge in [-0.3, -0.25) is 0 Å². The summed E-state index contributed by atoms with van der Waals surface area (Å²) in [5.41, 5.74) is 0.953. The second-order valence-corrected chi connectivity index (χ2v) is 4.43. The SMILES string of the molecule is CCOC(=O)c1cnc(SC)nc1/C=C\N(C)C. The number of carbonyl (C=O) groups excluding carboxylic acids is 1. The number of hydrogen-bond donors (Lipinski definition) is 0. The third-order valence-corrected chi connectivity index (χ3v) is 2.57. The maximum absolute atomic E-state index is 11.8. The number of nitrogens with zero attached hydrogens (tertiary/aromatic N) is 3. The van der Waals surface area contributed by atoms with Gasteiger partial charge in [0.1, 0.15) is 5.56 Å². The Hall–Kier alpha value is -1.56. The fraction of sp³-hybridized carbons (Fsp3) is 0.417. The molecule has 1 heterocycles. The molecule has 0 aromatic carbocycles. The number of aromatic nitrogens is 2. The second kappa shape index (κ2) is 7.00. The van der Waals surface area contributed by atoms with E-state index in [1.54, 1.807) is 13.0 Å². The first-order valence-electron chi connectivity index (χ1n) is 5.51. The van der Waals surface area contributed by atoms with E-state index in [-0.39, 0.29) is 0 Å². The van der Waals surface area contributed by atoms with E-state index in [1.165, 1.54) is 18.0 Å². The summed E-state index contributed by atoms with van der Waals surface area (Å²) >= 11 is 1.43. The molecule has 1 aromatic heterocycles. The molecule has 6 heteroatoms. The third-order valence-electron chi connectivity index (χ3n) is 2.00. The lowest BCUT2D eigenvalue weighted by atomic mass is 10.2. The van der Waals surface area contributed by atoms with Crippen molar-refractivity contribution in [3.8, 4) is 0 Å². The van der Waals surface area contributed by atoms with Crippen LogP contribution in [0.25, 0.3) is 6.08 Å². The molecular formula is C12H17N3O2S. The van der Waals surface area contributed by atoms with E-state index in [2.05, 4.69) is 9.97 Å². The van der Waals surface area contributed by atoms with Crippen molar-refractivity contribution in [2.24, 2.45) is 0 Å². The van der Waals surface area contributed by atoms with Gasteiger partial charge >= 0.3 is 5.97 Å². The van der Waals surface area contributed by atoms with Gasteiger partial charge in [-0.25, -0.2) is 14.8 Å². The van der Waals surface area contributed by atoms with Crippen molar-refractivity contribution in [2.75, 3.05) is 27.0 Å². The fourth-order valence-electron chi connectivity index (χ4n) is 1.19. The molecule has 0 saturated heterocycles. The number of thioether (sulfide) groups is 1. The van der Waals surface area contributed by atoms with E-state index >= 15 is 0 Å². The van der Waals surface area contributed by atoms with Gasteiger partial charge in [0.2, 0.25) is 0 Å². The van der Waals surface area contributed by atoms with E-state index < -0.39 is 5.97 Å². The molecule has 0 fully saturated rings. The smallest absolute Gasteiger partial charge is 0.341 e. The maximum Gasteiger partial charge on any atom is 0.341 e. The van der Waals surface area contributed by atoms with Crippen molar-refractivity contribution in [3.05, 3.63) is 23.7 Å². The fourth-order valence-corrected chi connectivity index (χ4v) is 1.54. The van der Waals surface area contributed by atoms with E-state index in [0.717, 1.165) is 0 Å².